The van der Waals surface area contributed by atoms with E-state index < -0.39 is 0 Å². The maximum Gasteiger partial charge on any atom is 0.146 e. The number of rotatable bonds is 6. The lowest BCUT2D eigenvalue weighted by Gasteiger charge is -2.08. The first-order valence-corrected chi connectivity index (χ1v) is 6.40. The predicted molar refractivity (Wildman–Crippen MR) is 71.2 cm³/mol. The molecule has 0 saturated carbocycles. The highest BCUT2D eigenvalue weighted by molar-refractivity contribution is 5.11. The second kappa shape index (κ2) is 5.82. The normalized spacial score (nSPS) is 11.3. The fraction of sp³-hybridized carbons (Fsp3) is 0.538. The Kier molecular flexibility index (Phi) is 4.15. The Morgan fingerprint density at radius 3 is 2.94 bits per heavy atom. The summed E-state index contributed by atoms with van der Waals surface area (Å²) in [6, 6.07) is 2.11. The Labute approximate surface area is 108 Å². The number of nitrogens with zero attached hydrogens (tertiary/aromatic N) is 4. The van der Waals surface area contributed by atoms with E-state index in [2.05, 4.69) is 47.0 Å². The zero-order valence-corrected chi connectivity index (χ0v) is 11.1. The molecule has 0 atom stereocenters. The van der Waals surface area contributed by atoms with Crippen LogP contribution in [-0.4, -0.2) is 25.9 Å². The topological polar surface area (TPSA) is 61.7 Å². The van der Waals surface area contributed by atoms with Crippen LogP contribution in [0.25, 0.3) is 0 Å². The molecule has 0 spiro atoms. The van der Waals surface area contributed by atoms with E-state index in [0.717, 1.165) is 25.3 Å². The number of hydrogen-bond acceptors (Lipinski definition) is 3. The fourth-order valence-electron chi connectivity index (χ4n) is 1.98. The summed E-state index contributed by atoms with van der Waals surface area (Å²) in [7, 11) is 0. The van der Waals surface area contributed by atoms with Gasteiger partial charge in [0.1, 0.15) is 12.2 Å². The molecule has 2 aromatic heterocycles. The summed E-state index contributed by atoms with van der Waals surface area (Å²) in [4.78, 5) is 4.33. The van der Waals surface area contributed by atoms with Gasteiger partial charge in [-0.2, -0.15) is 5.10 Å². The van der Waals surface area contributed by atoms with Gasteiger partial charge < -0.3 is 10.3 Å². The van der Waals surface area contributed by atoms with Crippen molar-refractivity contribution in [2.75, 3.05) is 6.54 Å². The molecule has 5 nitrogen and oxygen atoms in total. The summed E-state index contributed by atoms with van der Waals surface area (Å²) in [5, 5.41) is 4.27. The zero-order chi connectivity index (χ0) is 13.0. The molecule has 0 saturated heterocycles. The Balaban J connectivity index is 2.06. The number of aromatic nitrogens is 4. The third kappa shape index (κ3) is 3.20. The minimum Gasteiger partial charge on any atom is -0.346 e. The van der Waals surface area contributed by atoms with Crippen LogP contribution < -0.4 is 5.73 Å². The molecule has 0 aliphatic rings. The Morgan fingerprint density at radius 2 is 2.22 bits per heavy atom. The molecule has 5 heteroatoms. The number of hydrogen-bond donors (Lipinski definition) is 1. The predicted octanol–water partition coefficient (Wildman–Crippen LogP) is 1.29. The third-order valence-corrected chi connectivity index (χ3v) is 2.80. The van der Waals surface area contributed by atoms with Crippen LogP contribution in [0.5, 0.6) is 0 Å². The van der Waals surface area contributed by atoms with E-state index in [4.69, 9.17) is 5.73 Å². The second-order valence-corrected chi connectivity index (χ2v) is 4.98. The molecular formula is C13H21N5. The van der Waals surface area contributed by atoms with Gasteiger partial charge in [0.25, 0.3) is 0 Å². The van der Waals surface area contributed by atoms with Crippen molar-refractivity contribution in [1.29, 1.82) is 0 Å². The smallest absolute Gasteiger partial charge is 0.146 e. The van der Waals surface area contributed by atoms with E-state index in [1.165, 1.54) is 5.56 Å². The lowest BCUT2D eigenvalue weighted by atomic mass is 10.2. The van der Waals surface area contributed by atoms with Gasteiger partial charge in [-0.1, -0.05) is 13.8 Å². The molecular weight excluding hydrogens is 226 g/mol. The summed E-state index contributed by atoms with van der Waals surface area (Å²) in [5.41, 5.74) is 6.82. The average molecular weight is 247 g/mol. The van der Waals surface area contributed by atoms with Crippen LogP contribution >= 0.6 is 0 Å². The first kappa shape index (κ1) is 12.8. The first-order chi connectivity index (χ1) is 8.69. The van der Waals surface area contributed by atoms with Crippen molar-refractivity contribution in [2.24, 2.45) is 11.7 Å². The molecule has 2 aromatic rings. The van der Waals surface area contributed by atoms with Crippen LogP contribution in [0.3, 0.4) is 0 Å². The highest BCUT2D eigenvalue weighted by atomic mass is 15.3. The summed E-state index contributed by atoms with van der Waals surface area (Å²) < 4.78 is 4.11. The Hall–Kier alpha value is -1.62. The summed E-state index contributed by atoms with van der Waals surface area (Å²) in [6.45, 7) is 6.72. The molecule has 0 aliphatic heterocycles. The highest BCUT2D eigenvalue weighted by Crippen LogP contribution is 2.06. The summed E-state index contributed by atoms with van der Waals surface area (Å²) in [6.07, 6.45) is 6.74. The van der Waals surface area contributed by atoms with Crippen molar-refractivity contribution in [2.45, 2.75) is 33.4 Å². The van der Waals surface area contributed by atoms with E-state index in [1.54, 1.807) is 6.33 Å². The molecule has 0 fully saturated rings. The van der Waals surface area contributed by atoms with E-state index in [-0.39, 0.29) is 0 Å². The molecule has 18 heavy (non-hydrogen) atoms. The van der Waals surface area contributed by atoms with E-state index in [1.807, 2.05) is 4.68 Å². The SMILES string of the molecule is CC(C)Cn1ncnc1Cn1ccc(CCN)c1. The van der Waals surface area contributed by atoms with Crippen molar-refractivity contribution >= 4 is 0 Å². The number of nitrogens with two attached hydrogens (primary N) is 1. The molecule has 2 N–H and O–H groups in total. The average Bonchev–Trinajstić information content (AvgIpc) is 2.90. The third-order valence-electron chi connectivity index (χ3n) is 2.80. The minimum absolute atomic E-state index is 0.572. The maximum absolute atomic E-state index is 5.55. The molecule has 0 amide bonds. The van der Waals surface area contributed by atoms with Crippen molar-refractivity contribution in [3.05, 3.63) is 36.2 Å². The van der Waals surface area contributed by atoms with Gasteiger partial charge in [-0.05, 0) is 30.5 Å². The van der Waals surface area contributed by atoms with E-state index >= 15 is 0 Å². The molecule has 0 bridgehead atoms. The van der Waals surface area contributed by atoms with Gasteiger partial charge in [0.05, 0.1) is 6.54 Å². The van der Waals surface area contributed by atoms with Gasteiger partial charge in [-0.15, -0.1) is 0 Å². The molecule has 0 radical (unpaired) electrons. The molecule has 2 heterocycles. The summed E-state index contributed by atoms with van der Waals surface area (Å²) >= 11 is 0. The fourth-order valence-corrected chi connectivity index (χ4v) is 1.98. The molecule has 0 aromatic carbocycles. The highest BCUT2D eigenvalue weighted by Gasteiger charge is 2.07. The quantitative estimate of drug-likeness (QED) is 0.836. The van der Waals surface area contributed by atoms with Crippen LogP contribution in [0.1, 0.15) is 25.2 Å². The van der Waals surface area contributed by atoms with Crippen molar-refractivity contribution < 1.29 is 0 Å². The van der Waals surface area contributed by atoms with Crippen LogP contribution in [0.15, 0.2) is 24.8 Å². The minimum atomic E-state index is 0.572. The van der Waals surface area contributed by atoms with Crippen molar-refractivity contribution in [1.82, 2.24) is 19.3 Å². The lowest BCUT2D eigenvalue weighted by Crippen LogP contribution is -2.12. The van der Waals surface area contributed by atoms with E-state index in [0.29, 0.717) is 12.5 Å². The van der Waals surface area contributed by atoms with Crippen LogP contribution in [0.4, 0.5) is 0 Å². The van der Waals surface area contributed by atoms with Gasteiger partial charge in [-0.3, -0.25) is 0 Å². The standard InChI is InChI=1S/C13H21N5/c1-11(2)7-18-13(15-10-16-18)9-17-6-4-12(8-17)3-5-14/h4,6,8,10-11H,3,5,7,9,14H2,1-2H3. The molecule has 0 unspecified atom stereocenters. The lowest BCUT2D eigenvalue weighted by molar-refractivity contribution is 0.461. The monoisotopic (exact) mass is 247 g/mol. The largest absolute Gasteiger partial charge is 0.346 e. The Bertz CT molecular complexity index is 483. The van der Waals surface area contributed by atoms with Crippen LogP contribution in [0, 0.1) is 5.92 Å². The van der Waals surface area contributed by atoms with Crippen LogP contribution in [-0.2, 0) is 19.5 Å². The van der Waals surface area contributed by atoms with Gasteiger partial charge in [-0.25, -0.2) is 9.67 Å². The van der Waals surface area contributed by atoms with Gasteiger partial charge >= 0.3 is 0 Å². The van der Waals surface area contributed by atoms with E-state index in [9.17, 15) is 0 Å². The van der Waals surface area contributed by atoms with Gasteiger partial charge in [0.2, 0.25) is 0 Å². The zero-order valence-electron chi connectivity index (χ0n) is 11.1. The van der Waals surface area contributed by atoms with Gasteiger partial charge in [0, 0.05) is 18.9 Å². The maximum atomic E-state index is 5.55. The van der Waals surface area contributed by atoms with Crippen LogP contribution in [0.2, 0.25) is 0 Å². The molecule has 98 valence electrons. The van der Waals surface area contributed by atoms with Crippen molar-refractivity contribution in [3.63, 3.8) is 0 Å². The second-order valence-electron chi connectivity index (χ2n) is 4.98. The van der Waals surface area contributed by atoms with Gasteiger partial charge in [0.15, 0.2) is 0 Å². The first-order valence-electron chi connectivity index (χ1n) is 6.40. The summed E-state index contributed by atoms with van der Waals surface area (Å²) in [5.74, 6) is 1.57. The molecule has 0 aliphatic carbocycles. The molecule has 2 rings (SSSR count). The Morgan fingerprint density at radius 1 is 1.39 bits per heavy atom. The van der Waals surface area contributed by atoms with Crippen molar-refractivity contribution in [3.8, 4) is 0 Å².